The number of para-hydroxylation sites is 2. The van der Waals surface area contributed by atoms with E-state index < -0.39 is 0 Å². The van der Waals surface area contributed by atoms with Crippen molar-refractivity contribution in [3.63, 3.8) is 0 Å². The molecule has 212 valence electrons. The molecule has 0 spiro atoms. The minimum Gasteiger partial charge on any atom is -0.309 e. The van der Waals surface area contributed by atoms with Gasteiger partial charge < -0.3 is 4.57 Å². The molecule has 0 aliphatic heterocycles. The highest BCUT2D eigenvalue weighted by molar-refractivity contribution is 6.09. The second-order valence-electron chi connectivity index (χ2n) is 10.5. The van der Waals surface area contributed by atoms with E-state index in [1.54, 1.807) is 12.2 Å². The largest absolute Gasteiger partial charge is 0.309 e. The Labute approximate surface area is 261 Å². The van der Waals surface area contributed by atoms with Gasteiger partial charge in [-0.1, -0.05) is 123 Å². The fraction of sp³-hybridized carbons (Fsp3) is 0.0465. The maximum Gasteiger partial charge on any atom is 0.0541 e. The van der Waals surface area contributed by atoms with Gasteiger partial charge in [-0.3, -0.25) is 0 Å². The molecule has 0 fully saturated rings. The van der Waals surface area contributed by atoms with Crippen LogP contribution in [0.2, 0.25) is 0 Å². The van der Waals surface area contributed by atoms with E-state index in [1.165, 1.54) is 21.8 Å². The predicted octanol–water partition coefficient (Wildman–Crippen LogP) is 11.1. The fourth-order valence-electron chi connectivity index (χ4n) is 5.73. The van der Waals surface area contributed by atoms with Crippen molar-refractivity contribution in [3.8, 4) is 18.0 Å². The first-order chi connectivity index (χ1) is 21.5. The maximum absolute atomic E-state index is 5.56. The number of nitrogens with zero attached hydrogens (tertiary/aromatic N) is 1. The van der Waals surface area contributed by atoms with Gasteiger partial charge in [0, 0.05) is 22.0 Å². The fourth-order valence-corrected chi connectivity index (χ4v) is 5.73. The van der Waals surface area contributed by atoms with Gasteiger partial charge in [0.15, 0.2) is 0 Å². The van der Waals surface area contributed by atoms with Gasteiger partial charge in [0.1, 0.15) is 0 Å². The lowest BCUT2D eigenvalue weighted by molar-refractivity contribution is 1.12. The van der Waals surface area contributed by atoms with Crippen LogP contribution in [0.5, 0.6) is 0 Å². The Bertz CT molecular complexity index is 2050. The Morgan fingerprint density at radius 3 is 2.09 bits per heavy atom. The van der Waals surface area contributed by atoms with Crippen LogP contribution in [0.4, 0.5) is 0 Å². The Balaban J connectivity index is 1.76. The van der Waals surface area contributed by atoms with Gasteiger partial charge >= 0.3 is 0 Å². The molecule has 0 unspecified atom stereocenters. The predicted molar refractivity (Wildman–Crippen MR) is 193 cm³/mol. The Hall–Kier alpha value is -5.80. The molecular formula is C43H35N. The number of terminal acetylenes is 1. The van der Waals surface area contributed by atoms with Gasteiger partial charge in [0.05, 0.1) is 11.0 Å². The summed E-state index contributed by atoms with van der Waals surface area (Å²) in [6.07, 6.45) is 19.5. The second-order valence-corrected chi connectivity index (χ2v) is 10.5. The normalized spacial score (nSPS) is 11.4. The summed E-state index contributed by atoms with van der Waals surface area (Å²) in [7, 11) is 0. The summed E-state index contributed by atoms with van der Waals surface area (Å²) in [5.74, 6) is 2.59. The molecule has 1 heterocycles. The lowest BCUT2D eigenvalue weighted by Gasteiger charge is -2.17. The molecule has 0 bridgehead atoms. The average Bonchev–Trinajstić information content (AvgIpc) is 3.39. The summed E-state index contributed by atoms with van der Waals surface area (Å²) in [6.45, 7) is 18.5. The zero-order valence-corrected chi connectivity index (χ0v) is 25.2. The molecule has 4 aromatic carbocycles. The van der Waals surface area contributed by atoms with Crippen LogP contribution in [0.15, 0.2) is 160 Å². The number of aromatic nitrogens is 1. The standard InChI is InChI=1S/C43H35N/c1-7-11-18-32(6)38-27-25-37(44-42-22-15-13-20-40(42)41-21-14-16-23-43(41)44)30-36(38)29-35-28-34(31(5)17-9-3)24-26-39(35)33(10-4)19-12-8-2/h2,7,9,11-28,30H,1,4-6,29H2,3H3/b17-9-,18-11-,19-12-. The summed E-state index contributed by atoms with van der Waals surface area (Å²) < 4.78 is 2.34. The molecule has 0 saturated carbocycles. The van der Waals surface area contributed by atoms with Crippen molar-refractivity contribution in [1.29, 1.82) is 0 Å². The first-order valence-electron chi connectivity index (χ1n) is 14.6. The molecule has 0 aliphatic carbocycles. The van der Waals surface area contributed by atoms with Crippen molar-refractivity contribution < 1.29 is 0 Å². The number of benzene rings is 4. The van der Waals surface area contributed by atoms with Crippen molar-refractivity contribution in [2.75, 3.05) is 0 Å². The zero-order chi connectivity index (χ0) is 31.1. The van der Waals surface area contributed by atoms with Crippen LogP contribution in [-0.2, 0) is 6.42 Å². The molecule has 0 saturated heterocycles. The maximum atomic E-state index is 5.56. The van der Waals surface area contributed by atoms with Crippen molar-refractivity contribution in [3.05, 3.63) is 187 Å². The number of hydrogen-bond acceptors (Lipinski definition) is 0. The molecular weight excluding hydrogens is 530 g/mol. The quantitative estimate of drug-likeness (QED) is 0.0902. The van der Waals surface area contributed by atoms with E-state index in [0.29, 0.717) is 6.42 Å². The third-order valence-electron chi connectivity index (χ3n) is 7.76. The van der Waals surface area contributed by atoms with Crippen LogP contribution in [0, 0.1) is 12.3 Å². The molecule has 0 aliphatic rings. The minimum atomic E-state index is 0.641. The van der Waals surface area contributed by atoms with Gasteiger partial charge in [0.2, 0.25) is 0 Å². The second kappa shape index (κ2) is 13.5. The van der Waals surface area contributed by atoms with Crippen molar-refractivity contribution in [2.45, 2.75) is 13.3 Å². The molecule has 1 heteroatoms. The minimum absolute atomic E-state index is 0.641. The van der Waals surface area contributed by atoms with Crippen molar-refractivity contribution >= 4 is 38.5 Å². The monoisotopic (exact) mass is 565 g/mol. The lowest BCUT2D eigenvalue weighted by atomic mass is 9.88. The molecule has 5 aromatic rings. The molecule has 1 aromatic heterocycles. The number of fused-ring (bicyclic) bond motifs is 3. The van der Waals surface area contributed by atoms with Crippen LogP contribution >= 0.6 is 0 Å². The molecule has 1 nitrogen and oxygen atoms in total. The van der Waals surface area contributed by atoms with Gasteiger partial charge in [-0.2, -0.15) is 0 Å². The summed E-state index contributed by atoms with van der Waals surface area (Å²) >= 11 is 0. The van der Waals surface area contributed by atoms with Crippen LogP contribution in [0.3, 0.4) is 0 Å². The molecule has 44 heavy (non-hydrogen) atoms. The summed E-state index contributed by atoms with van der Waals surface area (Å²) in [6, 6.07) is 30.2. The van der Waals surface area contributed by atoms with Gasteiger partial charge in [0.25, 0.3) is 0 Å². The SMILES string of the molecule is C#C/C=C\C(=C=C)c1ccc(C(=C)/C=C\C)cc1Cc1cc(-n2c3ccccc3c3ccccc32)ccc1C(=C)/C=C\C=C. The molecule has 0 amide bonds. The van der Waals surface area contributed by atoms with E-state index in [9.17, 15) is 0 Å². The highest BCUT2D eigenvalue weighted by Crippen LogP contribution is 2.35. The lowest BCUT2D eigenvalue weighted by Crippen LogP contribution is -2.02. The smallest absolute Gasteiger partial charge is 0.0541 e. The van der Waals surface area contributed by atoms with Crippen molar-refractivity contribution in [2.24, 2.45) is 0 Å². The van der Waals surface area contributed by atoms with Gasteiger partial charge in [-0.05, 0) is 88.7 Å². The highest BCUT2D eigenvalue weighted by atomic mass is 15.0. The van der Waals surface area contributed by atoms with Crippen LogP contribution in [-0.4, -0.2) is 4.57 Å². The number of allylic oxidation sites excluding steroid dienone is 10. The molecule has 0 atom stereocenters. The molecule has 5 rings (SSSR count). The molecule has 0 radical (unpaired) electrons. The summed E-state index contributed by atoms with van der Waals surface area (Å²) in [5, 5.41) is 2.45. The third kappa shape index (κ3) is 5.90. The Morgan fingerprint density at radius 1 is 0.795 bits per heavy atom. The third-order valence-corrected chi connectivity index (χ3v) is 7.76. The highest BCUT2D eigenvalue weighted by Gasteiger charge is 2.16. The summed E-state index contributed by atoms with van der Waals surface area (Å²) in [4.78, 5) is 0. The van der Waals surface area contributed by atoms with E-state index >= 15 is 0 Å². The van der Waals surface area contributed by atoms with Crippen LogP contribution in [0.25, 0.3) is 44.2 Å². The van der Waals surface area contributed by atoms with Crippen molar-refractivity contribution in [1.82, 2.24) is 4.57 Å². The van der Waals surface area contributed by atoms with E-state index in [1.807, 2.05) is 37.3 Å². The topological polar surface area (TPSA) is 4.93 Å². The van der Waals surface area contributed by atoms with E-state index in [-0.39, 0.29) is 0 Å². The Kier molecular flexibility index (Phi) is 9.07. The van der Waals surface area contributed by atoms with Gasteiger partial charge in [-0.25, -0.2) is 0 Å². The number of hydrogen-bond donors (Lipinski definition) is 0. The van der Waals surface area contributed by atoms with Crippen LogP contribution in [0.1, 0.15) is 34.7 Å². The first-order valence-corrected chi connectivity index (χ1v) is 14.6. The average molecular weight is 566 g/mol. The Morgan fingerprint density at radius 2 is 1.45 bits per heavy atom. The summed E-state index contributed by atoms with van der Waals surface area (Å²) in [5.41, 5.74) is 14.6. The van der Waals surface area contributed by atoms with E-state index in [4.69, 9.17) is 6.42 Å². The zero-order valence-electron chi connectivity index (χ0n) is 25.2. The number of rotatable bonds is 10. The van der Waals surface area contributed by atoms with Crippen LogP contribution < -0.4 is 0 Å². The van der Waals surface area contributed by atoms with E-state index in [0.717, 1.165) is 50.2 Å². The van der Waals surface area contributed by atoms with Gasteiger partial charge in [-0.15, -0.1) is 12.2 Å². The van der Waals surface area contributed by atoms with E-state index in [2.05, 4.69) is 127 Å². The first kappa shape index (κ1) is 29.7. The molecule has 0 N–H and O–H groups in total.